The van der Waals surface area contributed by atoms with E-state index in [9.17, 15) is 4.79 Å². The first-order chi connectivity index (χ1) is 8.15. The highest BCUT2D eigenvalue weighted by molar-refractivity contribution is 14.1. The zero-order valence-electron chi connectivity index (χ0n) is 8.99. The molecule has 17 heavy (non-hydrogen) atoms. The Balaban J connectivity index is 2.14. The molecule has 2 aromatic carbocycles. The molecule has 0 aromatic heterocycles. The third kappa shape index (κ3) is 3.54. The van der Waals surface area contributed by atoms with Gasteiger partial charge < -0.3 is 0 Å². The van der Waals surface area contributed by atoms with Crippen molar-refractivity contribution in [2.24, 2.45) is 0 Å². The Bertz CT molecular complexity index is 534. The summed E-state index contributed by atoms with van der Waals surface area (Å²) < 4.78 is 1.13. The lowest BCUT2D eigenvalue weighted by Gasteiger charge is -2.02. The van der Waals surface area contributed by atoms with E-state index in [2.05, 4.69) is 22.6 Å². The predicted octanol–water partition coefficient (Wildman–Crippen LogP) is 4.37. The second-order valence-electron chi connectivity index (χ2n) is 3.74. The molecule has 0 aliphatic rings. The number of carbonyl (C=O) groups is 1. The van der Waals surface area contributed by atoms with Gasteiger partial charge in [0.15, 0.2) is 5.78 Å². The summed E-state index contributed by atoms with van der Waals surface area (Å²) in [6.45, 7) is 0. The van der Waals surface area contributed by atoms with E-state index in [0.29, 0.717) is 11.4 Å². The molecule has 0 radical (unpaired) electrons. The van der Waals surface area contributed by atoms with Crippen LogP contribution in [0.25, 0.3) is 0 Å². The molecule has 86 valence electrons. The van der Waals surface area contributed by atoms with Crippen LogP contribution in [0, 0.1) is 3.57 Å². The van der Waals surface area contributed by atoms with Crippen LogP contribution < -0.4 is 0 Å². The SMILES string of the molecule is O=C(Cc1cccc(Cl)c1)c1ccc(I)cc1. The molecule has 0 N–H and O–H groups in total. The molecule has 0 atom stereocenters. The standard InChI is InChI=1S/C14H10ClIO/c15-12-3-1-2-10(8-12)9-14(17)11-4-6-13(16)7-5-11/h1-8H,9H2. The monoisotopic (exact) mass is 356 g/mol. The summed E-state index contributed by atoms with van der Waals surface area (Å²) in [4.78, 5) is 12.0. The zero-order valence-corrected chi connectivity index (χ0v) is 11.9. The third-order valence-electron chi connectivity index (χ3n) is 2.42. The van der Waals surface area contributed by atoms with Crippen molar-refractivity contribution < 1.29 is 4.79 Å². The smallest absolute Gasteiger partial charge is 0.167 e. The first kappa shape index (κ1) is 12.6. The lowest BCUT2D eigenvalue weighted by molar-refractivity contribution is 0.0993. The number of rotatable bonds is 3. The molecule has 0 fully saturated rings. The normalized spacial score (nSPS) is 10.2. The summed E-state index contributed by atoms with van der Waals surface area (Å²) in [6.07, 6.45) is 0.390. The van der Waals surface area contributed by atoms with Gasteiger partial charge in [0.2, 0.25) is 0 Å². The van der Waals surface area contributed by atoms with E-state index in [4.69, 9.17) is 11.6 Å². The third-order valence-corrected chi connectivity index (χ3v) is 3.37. The Labute approximate surface area is 119 Å². The number of hydrogen-bond acceptors (Lipinski definition) is 1. The van der Waals surface area contributed by atoms with Gasteiger partial charge in [-0.2, -0.15) is 0 Å². The highest BCUT2D eigenvalue weighted by atomic mass is 127. The Morgan fingerprint density at radius 2 is 1.82 bits per heavy atom. The van der Waals surface area contributed by atoms with Crippen LogP contribution in [0.3, 0.4) is 0 Å². The van der Waals surface area contributed by atoms with E-state index in [1.165, 1.54) is 0 Å². The van der Waals surface area contributed by atoms with Crippen LogP contribution in [0.4, 0.5) is 0 Å². The molecule has 0 heterocycles. The lowest BCUT2D eigenvalue weighted by Crippen LogP contribution is -2.03. The summed E-state index contributed by atoms with van der Waals surface area (Å²) >= 11 is 8.10. The molecular weight excluding hydrogens is 347 g/mol. The Hall–Kier alpha value is -0.870. The molecule has 3 heteroatoms. The fourth-order valence-electron chi connectivity index (χ4n) is 1.57. The van der Waals surface area contributed by atoms with Gasteiger partial charge in [-0.3, -0.25) is 4.79 Å². The van der Waals surface area contributed by atoms with Crippen molar-refractivity contribution >= 4 is 40.0 Å². The van der Waals surface area contributed by atoms with Gasteiger partial charge in [0, 0.05) is 20.6 Å². The van der Waals surface area contributed by atoms with Gasteiger partial charge in [-0.1, -0.05) is 35.9 Å². The molecule has 0 aliphatic heterocycles. The van der Waals surface area contributed by atoms with Crippen molar-refractivity contribution in [3.05, 3.63) is 68.3 Å². The molecule has 2 rings (SSSR count). The Morgan fingerprint density at radius 3 is 2.47 bits per heavy atom. The number of carbonyl (C=O) groups excluding carboxylic acids is 1. The summed E-state index contributed by atoms with van der Waals surface area (Å²) in [5.41, 5.74) is 1.69. The fraction of sp³-hybridized carbons (Fsp3) is 0.0714. The van der Waals surface area contributed by atoms with Gasteiger partial charge in [0.25, 0.3) is 0 Å². The minimum atomic E-state index is 0.115. The van der Waals surface area contributed by atoms with Gasteiger partial charge in [0.1, 0.15) is 0 Å². The fourth-order valence-corrected chi connectivity index (χ4v) is 2.14. The number of hydrogen-bond donors (Lipinski definition) is 0. The second-order valence-corrected chi connectivity index (χ2v) is 5.42. The number of halogens is 2. The number of benzene rings is 2. The number of Topliss-reactive ketones (excluding diaryl/α,β-unsaturated/α-hetero) is 1. The Kier molecular flexibility index (Phi) is 4.18. The van der Waals surface area contributed by atoms with Gasteiger partial charge in [0.05, 0.1) is 0 Å². The molecule has 0 saturated carbocycles. The molecule has 0 spiro atoms. The average molecular weight is 357 g/mol. The summed E-state index contributed by atoms with van der Waals surface area (Å²) in [7, 11) is 0. The minimum absolute atomic E-state index is 0.115. The maximum Gasteiger partial charge on any atom is 0.167 e. The molecule has 0 saturated heterocycles. The Morgan fingerprint density at radius 1 is 1.12 bits per heavy atom. The molecular formula is C14H10ClIO. The molecule has 0 amide bonds. The number of ketones is 1. The molecule has 0 unspecified atom stereocenters. The highest BCUT2D eigenvalue weighted by Gasteiger charge is 2.06. The molecule has 0 aliphatic carbocycles. The van der Waals surface area contributed by atoms with Crippen LogP contribution >= 0.6 is 34.2 Å². The van der Waals surface area contributed by atoms with Crippen molar-refractivity contribution in [1.82, 2.24) is 0 Å². The second kappa shape index (κ2) is 5.65. The van der Waals surface area contributed by atoms with E-state index >= 15 is 0 Å². The van der Waals surface area contributed by atoms with E-state index in [-0.39, 0.29) is 5.78 Å². The van der Waals surface area contributed by atoms with Crippen molar-refractivity contribution in [1.29, 1.82) is 0 Å². The minimum Gasteiger partial charge on any atom is -0.294 e. The van der Waals surface area contributed by atoms with Crippen molar-refractivity contribution in [3.63, 3.8) is 0 Å². The van der Waals surface area contributed by atoms with Gasteiger partial charge in [-0.15, -0.1) is 0 Å². The van der Waals surface area contributed by atoms with Crippen LogP contribution in [0.2, 0.25) is 5.02 Å². The summed E-state index contributed by atoms with van der Waals surface area (Å²) in [5, 5.41) is 0.665. The predicted molar refractivity (Wildman–Crippen MR) is 78.6 cm³/mol. The van der Waals surface area contributed by atoms with Crippen molar-refractivity contribution in [3.8, 4) is 0 Å². The summed E-state index contributed by atoms with van der Waals surface area (Å²) in [6, 6.07) is 15.0. The lowest BCUT2D eigenvalue weighted by atomic mass is 10.0. The summed E-state index contributed by atoms with van der Waals surface area (Å²) in [5.74, 6) is 0.115. The molecule has 0 bridgehead atoms. The van der Waals surface area contributed by atoms with Crippen LogP contribution in [-0.4, -0.2) is 5.78 Å². The van der Waals surface area contributed by atoms with Crippen molar-refractivity contribution in [2.45, 2.75) is 6.42 Å². The van der Waals surface area contributed by atoms with Crippen LogP contribution in [0.1, 0.15) is 15.9 Å². The highest BCUT2D eigenvalue weighted by Crippen LogP contribution is 2.14. The van der Waals surface area contributed by atoms with E-state index < -0.39 is 0 Å². The van der Waals surface area contributed by atoms with Gasteiger partial charge >= 0.3 is 0 Å². The average Bonchev–Trinajstić information content (AvgIpc) is 2.29. The first-order valence-corrected chi connectivity index (χ1v) is 6.64. The van der Waals surface area contributed by atoms with E-state index in [1.807, 2.05) is 42.5 Å². The maximum atomic E-state index is 12.0. The van der Waals surface area contributed by atoms with Crippen LogP contribution in [0.5, 0.6) is 0 Å². The molecule has 2 aromatic rings. The van der Waals surface area contributed by atoms with Gasteiger partial charge in [-0.05, 0) is 52.4 Å². The first-order valence-electron chi connectivity index (χ1n) is 5.18. The molecule has 1 nitrogen and oxygen atoms in total. The van der Waals surface area contributed by atoms with Crippen LogP contribution in [0.15, 0.2) is 48.5 Å². The van der Waals surface area contributed by atoms with Gasteiger partial charge in [-0.25, -0.2) is 0 Å². The quantitative estimate of drug-likeness (QED) is 0.589. The van der Waals surface area contributed by atoms with E-state index in [0.717, 1.165) is 14.7 Å². The van der Waals surface area contributed by atoms with Crippen molar-refractivity contribution in [2.75, 3.05) is 0 Å². The van der Waals surface area contributed by atoms with Crippen LogP contribution in [-0.2, 0) is 6.42 Å². The maximum absolute atomic E-state index is 12.0. The van der Waals surface area contributed by atoms with E-state index in [1.54, 1.807) is 6.07 Å². The topological polar surface area (TPSA) is 17.1 Å². The zero-order chi connectivity index (χ0) is 12.3. The largest absolute Gasteiger partial charge is 0.294 e.